The van der Waals surface area contributed by atoms with E-state index in [1.807, 2.05) is 0 Å². The Labute approximate surface area is 163 Å². The first-order valence-corrected chi connectivity index (χ1v) is 8.41. The minimum absolute atomic E-state index is 0.0959. The van der Waals surface area contributed by atoms with Crippen molar-refractivity contribution in [3.05, 3.63) is 71.5 Å². The number of hydrogen-bond acceptors (Lipinski definition) is 5. The number of aromatic nitrogens is 1. The topological polar surface area (TPSA) is 81.4 Å². The van der Waals surface area contributed by atoms with Crippen molar-refractivity contribution in [1.82, 2.24) is 5.16 Å². The Bertz CT molecular complexity index is 1010. The van der Waals surface area contributed by atoms with Gasteiger partial charge in [0.15, 0.2) is 6.61 Å². The maximum Gasteiger partial charge on any atom is 0.416 e. The zero-order valence-corrected chi connectivity index (χ0v) is 15.1. The lowest BCUT2D eigenvalue weighted by molar-refractivity contribution is -0.137. The Morgan fingerprint density at radius 3 is 2.34 bits per heavy atom. The smallest absolute Gasteiger partial charge is 0.416 e. The molecule has 2 aromatic carbocycles. The van der Waals surface area contributed by atoms with E-state index in [-0.39, 0.29) is 22.7 Å². The molecule has 0 saturated heterocycles. The molecule has 0 fully saturated rings. The van der Waals surface area contributed by atoms with Gasteiger partial charge in [-0.3, -0.25) is 4.79 Å². The molecule has 1 aromatic heterocycles. The number of anilines is 1. The molecule has 0 bridgehead atoms. The van der Waals surface area contributed by atoms with Crippen molar-refractivity contribution >= 4 is 17.6 Å². The number of aryl methyl sites for hydroxylation is 1. The lowest BCUT2D eigenvalue weighted by Crippen LogP contribution is -2.21. The Balaban J connectivity index is 1.63. The molecule has 0 unspecified atom stereocenters. The second kappa shape index (κ2) is 8.17. The van der Waals surface area contributed by atoms with Crippen molar-refractivity contribution in [1.29, 1.82) is 0 Å². The number of ether oxygens (including phenoxy) is 1. The van der Waals surface area contributed by atoms with Gasteiger partial charge in [-0.2, -0.15) is 13.2 Å². The molecular weight excluding hydrogens is 389 g/mol. The van der Waals surface area contributed by atoms with Crippen LogP contribution in [0.2, 0.25) is 0 Å². The standard InChI is InChI=1S/C20H15F3N2O4/c1-12-17(18(25-29-12)13-5-3-2-4-6-13)19(27)28-11-16(26)24-15-9-7-14(8-10-15)20(21,22)23/h2-10H,11H2,1H3,(H,24,26). The molecule has 0 spiro atoms. The Hall–Kier alpha value is -3.62. The van der Waals surface area contributed by atoms with Crippen LogP contribution in [-0.4, -0.2) is 23.6 Å². The maximum atomic E-state index is 12.6. The van der Waals surface area contributed by atoms with E-state index in [1.165, 1.54) is 6.92 Å². The lowest BCUT2D eigenvalue weighted by atomic mass is 10.1. The van der Waals surface area contributed by atoms with Crippen LogP contribution >= 0.6 is 0 Å². The number of nitrogens with one attached hydrogen (secondary N) is 1. The summed E-state index contributed by atoms with van der Waals surface area (Å²) >= 11 is 0. The van der Waals surface area contributed by atoms with Gasteiger partial charge >= 0.3 is 12.1 Å². The predicted molar refractivity (Wildman–Crippen MR) is 97.0 cm³/mol. The molecule has 1 amide bonds. The zero-order chi connectivity index (χ0) is 21.0. The van der Waals surface area contributed by atoms with Gasteiger partial charge in [0.25, 0.3) is 5.91 Å². The van der Waals surface area contributed by atoms with Crippen LogP contribution in [0.3, 0.4) is 0 Å². The fraction of sp³-hybridized carbons (Fsp3) is 0.150. The number of hydrogen-bond donors (Lipinski definition) is 1. The fourth-order valence-corrected chi connectivity index (χ4v) is 2.55. The van der Waals surface area contributed by atoms with Crippen LogP contribution in [0.25, 0.3) is 11.3 Å². The lowest BCUT2D eigenvalue weighted by Gasteiger charge is -2.09. The van der Waals surface area contributed by atoms with Crippen molar-refractivity contribution in [3.63, 3.8) is 0 Å². The second-order valence-corrected chi connectivity index (χ2v) is 6.03. The van der Waals surface area contributed by atoms with Crippen molar-refractivity contribution in [3.8, 4) is 11.3 Å². The average Bonchev–Trinajstić information content (AvgIpc) is 3.08. The molecule has 0 aliphatic heterocycles. The molecule has 0 atom stereocenters. The summed E-state index contributed by atoms with van der Waals surface area (Å²) < 4.78 is 47.7. The van der Waals surface area contributed by atoms with E-state index in [2.05, 4.69) is 10.5 Å². The van der Waals surface area contributed by atoms with Crippen molar-refractivity contribution in [2.75, 3.05) is 11.9 Å². The zero-order valence-electron chi connectivity index (χ0n) is 15.1. The number of carbonyl (C=O) groups excluding carboxylic acids is 2. The quantitative estimate of drug-likeness (QED) is 0.635. The van der Waals surface area contributed by atoms with Gasteiger partial charge in [0.2, 0.25) is 0 Å². The van der Waals surface area contributed by atoms with Crippen LogP contribution in [0.4, 0.5) is 18.9 Å². The summed E-state index contributed by atoms with van der Waals surface area (Å²) in [6.07, 6.45) is -4.47. The van der Waals surface area contributed by atoms with Gasteiger partial charge in [-0.05, 0) is 31.2 Å². The predicted octanol–water partition coefficient (Wildman–Crippen LogP) is 4.46. The number of nitrogens with zero attached hydrogens (tertiary/aromatic N) is 1. The molecule has 0 aliphatic rings. The van der Waals surface area contributed by atoms with Crippen LogP contribution in [0.1, 0.15) is 21.7 Å². The van der Waals surface area contributed by atoms with Crippen molar-refractivity contribution < 1.29 is 32.0 Å². The number of esters is 1. The van der Waals surface area contributed by atoms with Gasteiger partial charge in [0.05, 0.1) is 5.56 Å². The summed E-state index contributed by atoms with van der Waals surface area (Å²) in [5, 5.41) is 6.22. The number of rotatable bonds is 5. The highest BCUT2D eigenvalue weighted by Crippen LogP contribution is 2.30. The molecule has 0 radical (unpaired) electrons. The summed E-state index contributed by atoms with van der Waals surface area (Å²) in [5.41, 5.74) is 0.337. The van der Waals surface area contributed by atoms with E-state index >= 15 is 0 Å². The van der Waals surface area contributed by atoms with Crippen LogP contribution in [-0.2, 0) is 15.7 Å². The second-order valence-electron chi connectivity index (χ2n) is 6.03. The van der Waals surface area contributed by atoms with Gasteiger partial charge in [-0.25, -0.2) is 4.79 Å². The molecule has 150 valence electrons. The summed E-state index contributed by atoms with van der Waals surface area (Å²) in [4.78, 5) is 24.4. The highest BCUT2D eigenvalue weighted by molar-refractivity contribution is 5.99. The number of alkyl halides is 3. The number of benzene rings is 2. The van der Waals surface area contributed by atoms with Gasteiger partial charge < -0.3 is 14.6 Å². The highest BCUT2D eigenvalue weighted by atomic mass is 19.4. The molecule has 0 aliphatic carbocycles. The number of carbonyl (C=O) groups is 2. The molecule has 3 aromatic rings. The molecule has 3 rings (SSSR count). The van der Waals surface area contributed by atoms with Gasteiger partial charge in [0.1, 0.15) is 17.0 Å². The number of amides is 1. The summed E-state index contributed by atoms with van der Waals surface area (Å²) in [6, 6.07) is 12.7. The van der Waals surface area contributed by atoms with Gasteiger partial charge in [-0.1, -0.05) is 35.5 Å². The number of halogens is 3. The minimum Gasteiger partial charge on any atom is -0.452 e. The van der Waals surface area contributed by atoms with Gasteiger partial charge in [-0.15, -0.1) is 0 Å². The molecule has 1 heterocycles. The van der Waals surface area contributed by atoms with Crippen LogP contribution < -0.4 is 5.32 Å². The molecule has 29 heavy (non-hydrogen) atoms. The van der Waals surface area contributed by atoms with Crippen LogP contribution in [0.15, 0.2) is 59.1 Å². The van der Waals surface area contributed by atoms with E-state index in [9.17, 15) is 22.8 Å². The summed E-state index contributed by atoms with van der Waals surface area (Å²) in [5.74, 6) is -1.27. The van der Waals surface area contributed by atoms with E-state index in [0.717, 1.165) is 24.3 Å². The van der Waals surface area contributed by atoms with E-state index in [4.69, 9.17) is 9.26 Å². The Kier molecular flexibility index (Phi) is 5.67. The van der Waals surface area contributed by atoms with Crippen molar-refractivity contribution in [2.24, 2.45) is 0 Å². The molecule has 9 heteroatoms. The van der Waals surface area contributed by atoms with Crippen molar-refractivity contribution in [2.45, 2.75) is 13.1 Å². The molecular formula is C20H15F3N2O4. The maximum absolute atomic E-state index is 12.6. The van der Waals surface area contributed by atoms with E-state index in [1.54, 1.807) is 30.3 Å². The highest BCUT2D eigenvalue weighted by Gasteiger charge is 2.30. The molecule has 6 nitrogen and oxygen atoms in total. The minimum atomic E-state index is -4.47. The van der Waals surface area contributed by atoms with Crippen LogP contribution in [0.5, 0.6) is 0 Å². The Morgan fingerprint density at radius 2 is 1.72 bits per heavy atom. The fourth-order valence-electron chi connectivity index (χ4n) is 2.55. The normalized spacial score (nSPS) is 11.2. The third-order valence-electron chi connectivity index (χ3n) is 3.94. The monoisotopic (exact) mass is 404 g/mol. The molecule has 1 N–H and O–H groups in total. The first-order valence-electron chi connectivity index (χ1n) is 8.41. The van der Waals surface area contributed by atoms with E-state index in [0.29, 0.717) is 5.56 Å². The SMILES string of the molecule is Cc1onc(-c2ccccc2)c1C(=O)OCC(=O)Nc1ccc(C(F)(F)F)cc1. The largest absolute Gasteiger partial charge is 0.452 e. The van der Waals surface area contributed by atoms with Crippen LogP contribution in [0, 0.1) is 6.92 Å². The summed E-state index contributed by atoms with van der Waals surface area (Å²) in [7, 11) is 0. The average molecular weight is 404 g/mol. The first kappa shape index (κ1) is 20.1. The molecule has 0 saturated carbocycles. The third-order valence-corrected chi connectivity index (χ3v) is 3.94. The summed E-state index contributed by atoms with van der Waals surface area (Å²) in [6.45, 7) is 0.914. The first-order chi connectivity index (χ1) is 13.8. The Morgan fingerprint density at radius 1 is 1.07 bits per heavy atom. The van der Waals surface area contributed by atoms with E-state index < -0.39 is 30.2 Å². The third kappa shape index (κ3) is 4.81. The van der Waals surface area contributed by atoms with Gasteiger partial charge in [0, 0.05) is 11.3 Å².